The summed E-state index contributed by atoms with van der Waals surface area (Å²) in [5.74, 6) is -1.47. The molecule has 3 N–H and O–H groups in total. The third kappa shape index (κ3) is 5.00. The zero-order valence-corrected chi connectivity index (χ0v) is 23.3. The molecule has 0 radical (unpaired) electrons. The first-order valence-corrected chi connectivity index (χ1v) is 14.0. The van der Waals surface area contributed by atoms with Gasteiger partial charge in [0.05, 0.1) is 11.1 Å². The van der Waals surface area contributed by atoms with Gasteiger partial charge >= 0.3 is 11.9 Å². The van der Waals surface area contributed by atoms with Crippen molar-refractivity contribution in [2.24, 2.45) is 0 Å². The van der Waals surface area contributed by atoms with Crippen molar-refractivity contribution < 1.29 is 29.6 Å². The molecule has 39 heavy (non-hydrogen) atoms. The average molecular weight is 531 g/mol. The van der Waals surface area contributed by atoms with Crippen molar-refractivity contribution in [2.45, 2.75) is 84.7 Å². The molecule has 0 atom stereocenters. The predicted octanol–water partition coefficient (Wildman–Crippen LogP) is 7.07. The van der Waals surface area contributed by atoms with E-state index in [9.17, 15) is 24.9 Å². The van der Waals surface area contributed by atoms with Gasteiger partial charge in [-0.3, -0.25) is 0 Å². The zero-order valence-electron chi connectivity index (χ0n) is 23.3. The number of carboxylic acids is 1. The van der Waals surface area contributed by atoms with Gasteiger partial charge in [0.25, 0.3) is 0 Å². The number of hydrogen-bond acceptors (Lipinski definition) is 5. The monoisotopic (exact) mass is 530 g/mol. The lowest BCUT2D eigenvalue weighted by Crippen LogP contribution is -2.32. The van der Waals surface area contributed by atoms with Crippen LogP contribution in [0.2, 0.25) is 0 Å². The Morgan fingerprint density at radius 1 is 0.692 bits per heavy atom. The van der Waals surface area contributed by atoms with Crippen molar-refractivity contribution in [1.29, 1.82) is 0 Å². The number of cyclic esters (lactones) is 1. The Hall–Kier alpha value is -3.80. The third-order valence-electron chi connectivity index (χ3n) is 7.56. The van der Waals surface area contributed by atoms with Crippen LogP contribution in [0.15, 0.2) is 42.5 Å². The Labute approximate surface area is 230 Å². The number of esters is 1. The minimum Gasteiger partial charge on any atom is -0.508 e. The number of phenols is 2. The largest absolute Gasteiger partial charge is 0.508 e. The molecule has 0 saturated carbocycles. The van der Waals surface area contributed by atoms with E-state index in [1.807, 2.05) is 12.1 Å². The van der Waals surface area contributed by atoms with E-state index in [0.717, 1.165) is 47.9 Å². The first-order valence-electron chi connectivity index (χ1n) is 14.0. The molecule has 0 aliphatic carbocycles. The van der Waals surface area contributed by atoms with Crippen LogP contribution in [0.1, 0.15) is 113 Å². The summed E-state index contributed by atoms with van der Waals surface area (Å²) >= 11 is 0. The van der Waals surface area contributed by atoms with Crippen molar-refractivity contribution in [3.8, 4) is 11.5 Å². The Morgan fingerprint density at radius 2 is 1.15 bits per heavy atom. The van der Waals surface area contributed by atoms with Crippen LogP contribution in [0.5, 0.6) is 11.5 Å². The second-order valence-electron chi connectivity index (χ2n) is 10.4. The average Bonchev–Trinajstić information content (AvgIpc) is 3.20. The number of benzene rings is 3. The number of carbonyl (C=O) groups excluding carboxylic acids is 1. The molecule has 0 fully saturated rings. The second kappa shape index (κ2) is 11.5. The maximum absolute atomic E-state index is 13.5. The number of aromatic carboxylic acids is 1. The van der Waals surface area contributed by atoms with E-state index in [-0.39, 0.29) is 22.6 Å². The standard InChI is InChI=1S/C33H38O6/c1-5-9-20-15-22(11-7-3)29(34)18-26(20)33(27-19-30(35)23(12-8-4)16-21(27)10-6-2)28-17-24(31(36)37)13-14-25(28)32(38)39-33/h13-19,34-35H,5-12H2,1-4H3,(H,36,37). The molecule has 0 bridgehead atoms. The van der Waals surface area contributed by atoms with Gasteiger partial charge in [-0.15, -0.1) is 0 Å². The number of ether oxygens (including phenoxy) is 1. The number of fused-ring (bicyclic) bond motifs is 1. The van der Waals surface area contributed by atoms with Crippen molar-refractivity contribution >= 4 is 11.9 Å². The number of carboxylic acid groups (broad SMARTS) is 1. The van der Waals surface area contributed by atoms with Crippen LogP contribution in [-0.4, -0.2) is 27.3 Å². The van der Waals surface area contributed by atoms with Gasteiger partial charge in [0.1, 0.15) is 11.5 Å². The first kappa shape index (κ1) is 28.2. The highest BCUT2D eigenvalue weighted by Gasteiger charge is 2.51. The Bertz CT molecular complexity index is 1340. The number of aryl methyl sites for hydroxylation is 4. The number of carbonyl (C=O) groups is 2. The van der Waals surface area contributed by atoms with E-state index in [2.05, 4.69) is 27.7 Å². The Morgan fingerprint density at radius 3 is 1.59 bits per heavy atom. The highest BCUT2D eigenvalue weighted by atomic mass is 16.6. The lowest BCUT2D eigenvalue weighted by molar-refractivity contribution is 0.0245. The SMILES string of the molecule is CCCc1cc(CCC)c(C2(c3cc(O)c(CCC)cc3CCC)OC(=O)c3ccc(C(=O)O)cc32)cc1O. The number of phenolic OH excluding ortho intramolecular Hbond substituents is 2. The quantitative estimate of drug-likeness (QED) is 0.229. The van der Waals surface area contributed by atoms with Crippen LogP contribution in [0, 0.1) is 0 Å². The molecule has 6 nitrogen and oxygen atoms in total. The molecule has 0 amide bonds. The summed E-state index contributed by atoms with van der Waals surface area (Å²) < 4.78 is 6.36. The molecule has 1 heterocycles. The summed E-state index contributed by atoms with van der Waals surface area (Å²) in [5, 5.41) is 32.1. The predicted molar refractivity (Wildman–Crippen MR) is 151 cm³/mol. The van der Waals surface area contributed by atoms with Crippen molar-refractivity contribution in [1.82, 2.24) is 0 Å². The van der Waals surface area contributed by atoms with Gasteiger partial charge in [-0.2, -0.15) is 0 Å². The lowest BCUT2D eigenvalue weighted by Gasteiger charge is -2.35. The molecule has 3 aromatic rings. The van der Waals surface area contributed by atoms with Crippen LogP contribution in [0.3, 0.4) is 0 Å². The van der Waals surface area contributed by atoms with Gasteiger partial charge in [-0.05, 0) is 78.3 Å². The van der Waals surface area contributed by atoms with Gasteiger partial charge < -0.3 is 20.1 Å². The summed E-state index contributed by atoms with van der Waals surface area (Å²) in [5.41, 5.74) is 3.84. The van der Waals surface area contributed by atoms with E-state index in [0.29, 0.717) is 42.4 Å². The summed E-state index contributed by atoms with van der Waals surface area (Å²) in [6.07, 6.45) is 6.08. The van der Waals surface area contributed by atoms with Crippen molar-refractivity contribution in [2.75, 3.05) is 0 Å². The van der Waals surface area contributed by atoms with Gasteiger partial charge in [0, 0.05) is 16.7 Å². The fourth-order valence-electron chi connectivity index (χ4n) is 5.86. The van der Waals surface area contributed by atoms with Crippen LogP contribution >= 0.6 is 0 Å². The molecule has 0 spiro atoms. The van der Waals surface area contributed by atoms with Crippen LogP contribution in [0.25, 0.3) is 0 Å². The Balaban J connectivity index is 2.17. The first-order chi connectivity index (χ1) is 18.7. The fraction of sp³-hybridized carbons (Fsp3) is 0.394. The smallest absolute Gasteiger partial charge is 0.340 e. The molecule has 0 aromatic heterocycles. The highest BCUT2D eigenvalue weighted by molar-refractivity contribution is 5.99. The normalized spacial score (nSPS) is 13.8. The molecular formula is C33H38O6. The van der Waals surface area contributed by atoms with Crippen LogP contribution in [0.4, 0.5) is 0 Å². The van der Waals surface area contributed by atoms with E-state index >= 15 is 0 Å². The molecule has 0 unspecified atom stereocenters. The summed E-state index contributed by atoms with van der Waals surface area (Å²) in [7, 11) is 0. The third-order valence-corrected chi connectivity index (χ3v) is 7.56. The van der Waals surface area contributed by atoms with Gasteiger partial charge in [-0.1, -0.05) is 65.5 Å². The van der Waals surface area contributed by atoms with Crippen molar-refractivity contribution in [3.63, 3.8) is 0 Å². The molecule has 3 aromatic carbocycles. The van der Waals surface area contributed by atoms with Gasteiger partial charge in [0.15, 0.2) is 5.60 Å². The van der Waals surface area contributed by atoms with E-state index in [1.165, 1.54) is 18.2 Å². The van der Waals surface area contributed by atoms with E-state index in [4.69, 9.17) is 4.74 Å². The topological polar surface area (TPSA) is 104 Å². The maximum atomic E-state index is 13.5. The molecule has 1 aliphatic rings. The second-order valence-corrected chi connectivity index (χ2v) is 10.4. The fourth-order valence-corrected chi connectivity index (χ4v) is 5.86. The molecule has 4 rings (SSSR count). The number of rotatable bonds is 11. The molecule has 0 saturated heterocycles. The van der Waals surface area contributed by atoms with Gasteiger partial charge in [0.2, 0.25) is 0 Å². The summed E-state index contributed by atoms with van der Waals surface area (Å²) in [6, 6.07) is 11.7. The van der Waals surface area contributed by atoms with Gasteiger partial charge in [-0.25, -0.2) is 9.59 Å². The minimum atomic E-state index is -1.53. The van der Waals surface area contributed by atoms with E-state index in [1.54, 1.807) is 12.1 Å². The van der Waals surface area contributed by atoms with Crippen molar-refractivity contribution in [3.05, 3.63) is 92.5 Å². The molecule has 206 valence electrons. The molecule has 6 heteroatoms. The van der Waals surface area contributed by atoms with E-state index < -0.39 is 17.5 Å². The molecular weight excluding hydrogens is 492 g/mol. The lowest BCUT2D eigenvalue weighted by atomic mass is 9.73. The Kier molecular flexibility index (Phi) is 8.34. The summed E-state index contributed by atoms with van der Waals surface area (Å²) in [6.45, 7) is 8.23. The number of aromatic hydroxyl groups is 2. The molecule has 1 aliphatic heterocycles. The van der Waals surface area contributed by atoms with Crippen LogP contribution < -0.4 is 0 Å². The van der Waals surface area contributed by atoms with Crippen LogP contribution in [-0.2, 0) is 36.0 Å². The maximum Gasteiger partial charge on any atom is 0.340 e. The zero-order chi connectivity index (χ0) is 28.3. The summed E-state index contributed by atoms with van der Waals surface area (Å²) in [4.78, 5) is 25.5. The highest BCUT2D eigenvalue weighted by Crippen LogP contribution is 2.52. The number of hydrogen-bond donors (Lipinski definition) is 3. The minimum absolute atomic E-state index is 0.0316.